The molecule has 2 amide bonds. The minimum atomic E-state index is -3.04. The minimum Gasteiger partial charge on any atom is -0.489 e. The van der Waals surface area contributed by atoms with Crippen molar-refractivity contribution in [1.29, 1.82) is 0 Å². The Morgan fingerprint density at radius 3 is 2.50 bits per heavy atom. The number of rotatable bonds is 6. The number of carbonyl (C=O) groups is 2. The van der Waals surface area contributed by atoms with E-state index in [0.717, 1.165) is 0 Å². The molecular formula is C18H24N2O5S. The van der Waals surface area contributed by atoms with E-state index in [4.69, 9.17) is 4.74 Å². The highest BCUT2D eigenvalue weighted by molar-refractivity contribution is 7.91. The molecule has 3 atom stereocenters. The Bertz CT molecular complexity index is 806. The molecule has 1 aromatic carbocycles. The molecule has 1 heterocycles. The van der Waals surface area contributed by atoms with Crippen molar-refractivity contribution in [3.63, 3.8) is 0 Å². The Kier molecular flexibility index (Phi) is 5.22. The summed E-state index contributed by atoms with van der Waals surface area (Å²) < 4.78 is 28.6. The number of hydrogen-bond donors (Lipinski definition) is 2. The van der Waals surface area contributed by atoms with Gasteiger partial charge in [-0.2, -0.15) is 0 Å². The van der Waals surface area contributed by atoms with Crippen molar-refractivity contribution >= 4 is 27.3 Å². The topological polar surface area (TPSA) is 102 Å². The van der Waals surface area contributed by atoms with Crippen LogP contribution in [0.1, 0.15) is 26.7 Å². The van der Waals surface area contributed by atoms with E-state index in [1.807, 2.05) is 19.9 Å². The fourth-order valence-corrected chi connectivity index (χ4v) is 4.82. The van der Waals surface area contributed by atoms with Crippen molar-refractivity contribution < 1.29 is 22.7 Å². The van der Waals surface area contributed by atoms with Crippen LogP contribution in [0.2, 0.25) is 0 Å². The Labute approximate surface area is 153 Å². The number of ether oxygens (including phenoxy) is 1. The molecule has 7 nitrogen and oxygen atoms in total. The van der Waals surface area contributed by atoms with Gasteiger partial charge in [-0.15, -0.1) is 0 Å². The highest BCUT2D eigenvalue weighted by Crippen LogP contribution is 2.40. The molecular weight excluding hydrogens is 356 g/mol. The van der Waals surface area contributed by atoms with Crippen molar-refractivity contribution in [2.24, 2.45) is 11.8 Å². The largest absolute Gasteiger partial charge is 0.489 e. The first kappa shape index (κ1) is 18.7. The molecule has 2 N–H and O–H groups in total. The average molecular weight is 380 g/mol. The van der Waals surface area contributed by atoms with E-state index in [9.17, 15) is 18.0 Å². The van der Waals surface area contributed by atoms with Gasteiger partial charge in [0.1, 0.15) is 5.75 Å². The molecule has 1 aromatic rings. The lowest BCUT2D eigenvalue weighted by atomic mass is 10.2. The van der Waals surface area contributed by atoms with Gasteiger partial charge in [-0.25, -0.2) is 8.42 Å². The molecule has 3 rings (SSSR count). The maximum atomic E-state index is 12.4. The molecule has 2 aliphatic rings. The Balaban J connectivity index is 1.54. The van der Waals surface area contributed by atoms with Gasteiger partial charge in [0.2, 0.25) is 11.8 Å². The molecule has 1 aliphatic carbocycles. The monoisotopic (exact) mass is 380 g/mol. The molecule has 8 heteroatoms. The molecule has 1 saturated heterocycles. The number of benzene rings is 1. The highest BCUT2D eigenvalue weighted by atomic mass is 32.2. The quantitative estimate of drug-likeness (QED) is 0.776. The van der Waals surface area contributed by atoms with Gasteiger partial charge in [0.15, 0.2) is 9.84 Å². The summed E-state index contributed by atoms with van der Waals surface area (Å²) in [6, 6.07) is 6.84. The Morgan fingerprint density at radius 2 is 1.85 bits per heavy atom. The van der Waals surface area contributed by atoms with Crippen LogP contribution in [0.15, 0.2) is 24.3 Å². The molecule has 0 spiro atoms. The van der Waals surface area contributed by atoms with Crippen LogP contribution in [0.4, 0.5) is 5.69 Å². The lowest BCUT2D eigenvalue weighted by Crippen LogP contribution is -2.37. The zero-order chi connectivity index (χ0) is 18.9. The minimum absolute atomic E-state index is 0.0117. The standard InChI is InChI=1S/C18H24N2O5S/c1-11(2)25-16-6-4-3-5-15(16)20-18(22)14-9-13(14)17(21)19-12-7-8-26(23,24)10-12/h3-6,11-14H,7-10H2,1-2H3,(H,19,21)(H,20,22). The van der Waals surface area contributed by atoms with Crippen LogP contribution in [0.25, 0.3) is 0 Å². The van der Waals surface area contributed by atoms with Gasteiger partial charge in [0.25, 0.3) is 0 Å². The predicted octanol–water partition coefficient (Wildman–Crippen LogP) is 1.35. The van der Waals surface area contributed by atoms with E-state index in [-0.39, 0.29) is 41.4 Å². The van der Waals surface area contributed by atoms with Gasteiger partial charge in [0, 0.05) is 6.04 Å². The van der Waals surface area contributed by atoms with E-state index < -0.39 is 15.8 Å². The molecule has 142 valence electrons. The van der Waals surface area contributed by atoms with Crippen LogP contribution in [0, 0.1) is 11.8 Å². The number of nitrogens with one attached hydrogen (secondary N) is 2. The first-order valence-corrected chi connectivity index (χ1v) is 10.6. The average Bonchev–Trinajstić information content (AvgIpc) is 3.28. The Morgan fingerprint density at radius 1 is 1.15 bits per heavy atom. The molecule has 1 saturated carbocycles. The second kappa shape index (κ2) is 7.26. The van der Waals surface area contributed by atoms with E-state index in [0.29, 0.717) is 24.3 Å². The van der Waals surface area contributed by atoms with Gasteiger partial charge >= 0.3 is 0 Å². The van der Waals surface area contributed by atoms with Crippen molar-refractivity contribution in [2.75, 3.05) is 16.8 Å². The molecule has 1 aliphatic heterocycles. The summed E-state index contributed by atoms with van der Waals surface area (Å²) in [4.78, 5) is 24.7. The predicted molar refractivity (Wildman–Crippen MR) is 97.6 cm³/mol. The number of para-hydroxylation sites is 2. The fraction of sp³-hybridized carbons (Fsp3) is 0.556. The van der Waals surface area contributed by atoms with Crippen LogP contribution in [0.3, 0.4) is 0 Å². The summed E-state index contributed by atoms with van der Waals surface area (Å²) in [6.45, 7) is 3.81. The van der Waals surface area contributed by atoms with Gasteiger partial charge in [-0.1, -0.05) is 12.1 Å². The lowest BCUT2D eigenvalue weighted by molar-refractivity contribution is -0.125. The zero-order valence-corrected chi connectivity index (χ0v) is 15.7. The van der Waals surface area contributed by atoms with Crippen LogP contribution in [-0.2, 0) is 19.4 Å². The third kappa shape index (κ3) is 4.55. The van der Waals surface area contributed by atoms with E-state index >= 15 is 0 Å². The maximum absolute atomic E-state index is 12.4. The number of anilines is 1. The smallest absolute Gasteiger partial charge is 0.228 e. The normalized spacial score (nSPS) is 26.3. The number of amides is 2. The van der Waals surface area contributed by atoms with Crippen LogP contribution >= 0.6 is 0 Å². The van der Waals surface area contributed by atoms with Gasteiger partial charge in [-0.3, -0.25) is 9.59 Å². The first-order chi connectivity index (χ1) is 12.2. The summed E-state index contributed by atoms with van der Waals surface area (Å²) in [5.74, 6) is -0.547. The van der Waals surface area contributed by atoms with Gasteiger partial charge in [0.05, 0.1) is 35.1 Å². The number of hydrogen-bond acceptors (Lipinski definition) is 5. The van der Waals surface area contributed by atoms with Crippen molar-refractivity contribution in [2.45, 2.75) is 38.8 Å². The summed E-state index contributed by atoms with van der Waals surface area (Å²) in [5.41, 5.74) is 0.583. The molecule has 0 aromatic heterocycles. The summed E-state index contributed by atoms with van der Waals surface area (Å²) in [7, 11) is -3.04. The van der Waals surface area contributed by atoms with Crippen LogP contribution in [0.5, 0.6) is 5.75 Å². The third-order valence-corrected chi connectivity index (χ3v) is 6.32. The van der Waals surface area contributed by atoms with Crippen LogP contribution in [-0.4, -0.2) is 43.9 Å². The molecule has 2 fully saturated rings. The second-order valence-electron chi connectivity index (χ2n) is 7.21. The fourth-order valence-electron chi connectivity index (χ4n) is 3.14. The van der Waals surface area contributed by atoms with Gasteiger partial charge in [-0.05, 0) is 38.8 Å². The van der Waals surface area contributed by atoms with Gasteiger partial charge < -0.3 is 15.4 Å². The molecule has 26 heavy (non-hydrogen) atoms. The maximum Gasteiger partial charge on any atom is 0.228 e. The van der Waals surface area contributed by atoms with Crippen molar-refractivity contribution in [3.8, 4) is 5.75 Å². The van der Waals surface area contributed by atoms with Crippen molar-refractivity contribution in [3.05, 3.63) is 24.3 Å². The van der Waals surface area contributed by atoms with E-state index in [2.05, 4.69) is 10.6 Å². The van der Waals surface area contributed by atoms with Crippen molar-refractivity contribution in [1.82, 2.24) is 5.32 Å². The number of carbonyl (C=O) groups excluding carboxylic acids is 2. The van der Waals surface area contributed by atoms with E-state index in [1.54, 1.807) is 18.2 Å². The Hall–Kier alpha value is -2.09. The SMILES string of the molecule is CC(C)Oc1ccccc1NC(=O)C1CC1C(=O)NC1CCS(=O)(=O)C1. The number of sulfone groups is 1. The third-order valence-electron chi connectivity index (χ3n) is 4.55. The van der Waals surface area contributed by atoms with Crippen LogP contribution < -0.4 is 15.4 Å². The van der Waals surface area contributed by atoms with E-state index in [1.165, 1.54) is 0 Å². The second-order valence-corrected chi connectivity index (χ2v) is 9.44. The lowest BCUT2D eigenvalue weighted by Gasteiger charge is -2.15. The highest BCUT2D eigenvalue weighted by Gasteiger charge is 2.49. The zero-order valence-electron chi connectivity index (χ0n) is 14.9. The molecule has 0 radical (unpaired) electrons. The summed E-state index contributed by atoms with van der Waals surface area (Å²) in [5, 5.41) is 5.59. The first-order valence-electron chi connectivity index (χ1n) is 8.82. The molecule has 3 unspecified atom stereocenters. The summed E-state index contributed by atoms with van der Waals surface area (Å²) >= 11 is 0. The summed E-state index contributed by atoms with van der Waals surface area (Å²) in [6.07, 6.45) is 0.900. The molecule has 0 bridgehead atoms.